The van der Waals surface area contributed by atoms with Crippen molar-refractivity contribution in [3.63, 3.8) is 0 Å². The summed E-state index contributed by atoms with van der Waals surface area (Å²) < 4.78 is 50.0. The molecule has 0 bridgehead atoms. The van der Waals surface area contributed by atoms with E-state index < -0.39 is 38.0 Å². The Morgan fingerprint density at radius 2 is 2.00 bits per heavy atom. The third-order valence-electron chi connectivity index (χ3n) is 3.03. The van der Waals surface area contributed by atoms with Crippen LogP contribution >= 0.6 is 0 Å². The predicted octanol–water partition coefficient (Wildman–Crippen LogP) is 1.36. The zero-order chi connectivity index (χ0) is 14.2. The van der Waals surface area contributed by atoms with Gasteiger partial charge in [-0.25, -0.2) is 17.2 Å². The molecule has 7 heteroatoms. The fraction of sp³-hybridized carbons (Fsp3) is 0.417. The van der Waals surface area contributed by atoms with Gasteiger partial charge in [-0.2, -0.15) is 0 Å². The van der Waals surface area contributed by atoms with Crippen LogP contribution in [0.4, 0.5) is 8.78 Å². The maximum atomic E-state index is 13.4. The van der Waals surface area contributed by atoms with Crippen molar-refractivity contribution in [2.75, 3.05) is 12.8 Å². The highest BCUT2D eigenvalue weighted by Crippen LogP contribution is 2.26. The van der Waals surface area contributed by atoms with Crippen LogP contribution in [-0.4, -0.2) is 38.1 Å². The van der Waals surface area contributed by atoms with Gasteiger partial charge in [0.1, 0.15) is 22.3 Å². The van der Waals surface area contributed by atoms with Crippen molar-refractivity contribution in [2.24, 2.45) is 0 Å². The molecule has 0 unspecified atom stereocenters. The molecule has 0 saturated heterocycles. The van der Waals surface area contributed by atoms with Gasteiger partial charge in [0.25, 0.3) is 0 Å². The maximum absolute atomic E-state index is 13.4. The van der Waals surface area contributed by atoms with E-state index in [1.165, 1.54) is 11.9 Å². The standard InChI is InChI=1S/C12H13F2NO3S/c1-15(9-3-4-9)12(16)7-19(17,18)11-5-2-8(13)6-10(11)14/h2,5-6,9H,3-4,7H2,1H3. The first-order valence-electron chi connectivity index (χ1n) is 5.75. The summed E-state index contributed by atoms with van der Waals surface area (Å²) in [6.45, 7) is 0. The Morgan fingerprint density at radius 1 is 1.37 bits per heavy atom. The lowest BCUT2D eigenvalue weighted by Gasteiger charge is -2.16. The van der Waals surface area contributed by atoms with Crippen molar-refractivity contribution < 1.29 is 22.0 Å². The Bertz CT molecular complexity index is 611. The van der Waals surface area contributed by atoms with Crippen LogP contribution in [0.3, 0.4) is 0 Å². The second kappa shape index (κ2) is 4.88. The van der Waals surface area contributed by atoms with Crippen molar-refractivity contribution in [1.82, 2.24) is 4.90 Å². The van der Waals surface area contributed by atoms with E-state index >= 15 is 0 Å². The first-order chi connectivity index (χ1) is 8.81. The van der Waals surface area contributed by atoms with Crippen LogP contribution < -0.4 is 0 Å². The molecule has 0 atom stereocenters. The Labute approximate surface area is 109 Å². The van der Waals surface area contributed by atoms with E-state index in [0.29, 0.717) is 6.07 Å². The van der Waals surface area contributed by atoms with Crippen LogP contribution in [-0.2, 0) is 14.6 Å². The number of benzene rings is 1. The van der Waals surface area contributed by atoms with Crippen LogP contribution in [0.2, 0.25) is 0 Å². The average Bonchev–Trinajstić information content (AvgIpc) is 3.10. The summed E-state index contributed by atoms with van der Waals surface area (Å²) in [7, 11) is -2.57. The summed E-state index contributed by atoms with van der Waals surface area (Å²) >= 11 is 0. The molecule has 0 spiro atoms. The number of hydrogen-bond donors (Lipinski definition) is 0. The van der Waals surface area contributed by atoms with Gasteiger partial charge in [0, 0.05) is 19.2 Å². The molecule has 104 valence electrons. The lowest BCUT2D eigenvalue weighted by atomic mass is 10.3. The molecule has 1 aliphatic rings. The molecular weight excluding hydrogens is 276 g/mol. The molecule has 0 heterocycles. The molecule has 0 aliphatic heterocycles. The van der Waals surface area contributed by atoms with E-state index in [9.17, 15) is 22.0 Å². The lowest BCUT2D eigenvalue weighted by Crippen LogP contribution is -2.34. The minimum atomic E-state index is -4.09. The molecule has 2 rings (SSSR count). The molecule has 1 fully saturated rings. The molecule has 0 aromatic heterocycles. The largest absolute Gasteiger partial charge is 0.342 e. The van der Waals surface area contributed by atoms with Gasteiger partial charge >= 0.3 is 0 Å². The highest BCUT2D eigenvalue weighted by Gasteiger charge is 2.32. The van der Waals surface area contributed by atoms with Gasteiger partial charge in [0.15, 0.2) is 9.84 Å². The van der Waals surface area contributed by atoms with Gasteiger partial charge in [-0.05, 0) is 25.0 Å². The molecular formula is C12H13F2NO3S. The number of nitrogens with zero attached hydrogens (tertiary/aromatic N) is 1. The van der Waals surface area contributed by atoms with Crippen molar-refractivity contribution >= 4 is 15.7 Å². The number of halogens is 2. The summed E-state index contributed by atoms with van der Waals surface area (Å²) in [5.41, 5.74) is 0. The highest BCUT2D eigenvalue weighted by molar-refractivity contribution is 7.92. The predicted molar refractivity (Wildman–Crippen MR) is 64.2 cm³/mol. The SMILES string of the molecule is CN(C(=O)CS(=O)(=O)c1ccc(F)cc1F)C1CC1. The second-order valence-corrected chi connectivity index (χ2v) is 6.53. The van der Waals surface area contributed by atoms with Crippen molar-refractivity contribution in [3.05, 3.63) is 29.8 Å². The van der Waals surface area contributed by atoms with E-state index in [2.05, 4.69) is 0 Å². The molecule has 1 saturated carbocycles. The molecule has 1 aromatic carbocycles. The first kappa shape index (κ1) is 13.9. The van der Waals surface area contributed by atoms with E-state index in [1.807, 2.05) is 0 Å². The molecule has 0 radical (unpaired) electrons. The zero-order valence-electron chi connectivity index (χ0n) is 10.3. The van der Waals surface area contributed by atoms with Crippen LogP contribution in [0.5, 0.6) is 0 Å². The Morgan fingerprint density at radius 3 is 2.53 bits per heavy atom. The summed E-state index contributed by atoms with van der Waals surface area (Å²) in [5.74, 6) is -3.42. The molecule has 0 N–H and O–H groups in total. The highest BCUT2D eigenvalue weighted by atomic mass is 32.2. The van der Waals surface area contributed by atoms with Crippen LogP contribution in [0.25, 0.3) is 0 Å². The van der Waals surface area contributed by atoms with E-state index in [0.717, 1.165) is 25.0 Å². The third kappa shape index (κ3) is 3.09. The van der Waals surface area contributed by atoms with Gasteiger partial charge in [-0.1, -0.05) is 0 Å². The average molecular weight is 289 g/mol. The van der Waals surface area contributed by atoms with Gasteiger partial charge < -0.3 is 4.90 Å². The number of amides is 1. The van der Waals surface area contributed by atoms with E-state index in [4.69, 9.17) is 0 Å². The summed E-state index contributed by atoms with van der Waals surface area (Å²) in [6.07, 6.45) is 1.71. The van der Waals surface area contributed by atoms with Gasteiger partial charge in [0.2, 0.25) is 5.91 Å². The van der Waals surface area contributed by atoms with Crippen molar-refractivity contribution in [3.8, 4) is 0 Å². The number of hydrogen-bond acceptors (Lipinski definition) is 3. The minimum Gasteiger partial charge on any atom is -0.342 e. The number of carbonyl (C=O) groups is 1. The quantitative estimate of drug-likeness (QED) is 0.786. The fourth-order valence-corrected chi connectivity index (χ4v) is 3.05. The third-order valence-corrected chi connectivity index (χ3v) is 4.66. The second-order valence-electron chi connectivity index (χ2n) is 4.57. The van der Waals surface area contributed by atoms with E-state index in [1.54, 1.807) is 0 Å². The first-order valence-corrected chi connectivity index (χ1v) is 7.40. The Balaban J connectivity index is 2.20. The number of carbonyl (C=O) groups excluding carboxylic acids is 1. The van der Waals surface area contributed by atoms with Crippen LogP contribution in [0, 0.1) is 11.6 Å². The van der Waals surface area contributed by atoms with Gasteiger partial charge in [-0.15, -0.1) is 0 Å². The van der Waals surface area contributed by atoms with Crippen LogP contribution in [0.15, 0.2) is 23.1 Å². The lowest BCUT2D eigenvalue weighted by molar-refractivity contribution is -0.127. The minimum absolute atomic E-state index is 0.0840. The van der Waals surface area contributed by atoms with Crippen molar-refractivity contribution in [1.29, 1.82) is 0 Å². The molecule has 19 heavy (non-hydrogen) atoms. The monoisotopic (exact) mass is 289 g/mol. The van der Waals surface area contributed by atoms with Crippen LogP contribution in [0.1, 0.15) is 12.8 Å². The normalized spacial score (nSPS) is 15.3. The summed E-state index contributed by atoms with van der Waals surface area (Å²) in [6, 6.07) is 2.26. The molecule has 1 aromatic rings. The Hall–Kier alpha value is -1.50. The smallest absolute Gasteiger partial charge is 0.238 e. The molecule has 1 aliphatic carbocycles. The maximum Gasteiger partial charge on any atom is 0.238 e. The fourth-order valence-electron chi connectivity index (χ4n) is 1.74. The summed E-state index contributed by atoms with van der Waals surface area (Å²) in [5, 5.41) is 0. The molecule has 4 nitrogen and oxygen atoms in total. The van der Waals surface area contributed by atoms with Gasteiger partial charge in [-0.3, -0.25) is 4.79 Å². The topological polar surface area (TPSA) is 54.5 Å². The molecule has 1 amide bonds. The summed E-state index contributed by atoms with van der Waals surface area (Å²) in [4.78, 5) is 12.5. The van der Waals surface area contributed by atoms with Crippen molar-refractivity contribution in [2.45, 2.75) is 23.8 Å². The van der Waals surface area contributed by atoms with Gasteiger partial charge in [0.05, 0.1) is 0 Å². The Kier molecular flexibility index (Phi) is 3.58. The number of sulfone groups is 1. The number of rotatable bonds is 4. The zero-order valence-corrected chi connectivity index (χ0v) is 11.1. The van der Waals surface area contributed by atoms with E-state index in [-0.39, 0.29) is 6.04 Å².